The van der Waals surface area contributed by atoms with E-state index in [2.05, 4.69) is 0 Å². The molecule has 0 unspecified atom stereocenters. The summed E-state index contributed by atoms with van der Waals surface area (Å²) >= 11 is 0. The molecule has 0 spiro atoms. The Hall–Kier alpha value is -1.61. The van der Waals surface area contributed by atoms with Crippen LogP contribution >= 0.6 is 0 Å². The molecule has 0 aliphatic carbocycles. The van der Waals surface area contributed by atoms with Gasteiger partial charge in [-0.2, -0.15) is 17.5 Å². The number of amides is 1. The van der Waals surface area contributed by atoms with E-state index in [-0.39, 0.29) is 16.6 Å². The van der Waals surface area contributed by atoms with Crippen LogP contribution in [0.2, 0.25) is 0 Å². The fourth-order valence-electron chi connectivity index (χ4n) is 2.48. The Morgan fingerprint density at radius 1 is 1.22 bits per heavy atom. The summed E-state index contributed by atoms with van der Waals surface area (Å²) in [7, 11) is -3.69. The van der Waals surface area contributed by atoms with Crippen molar-refractivity contribution in [2.45, 2.75) is 43.3 Å². The van der Waals surface area contributed by atoms with E-state index in [1.165, 1.54) is 16.4 Å². The highest BCUT2D eigenvalue weighted by molar-refractivity contribution is 7.89. The molecule has 1 atom stereocenters. The topological polar surface area (TPSA) is 66.5 Å². The van der Waals surface area contributed by atoms with Crippen molar-refractivity contribution in [3.63, 3.8) is 0 Å². The molecule has 1 saturated heterocycles. The first kappa shape index (κ1) is 17.7. The number of carbonyl (C=O) groups is 1. The fraction of sp³-hybridized carbons (Fsp3) is 0.500. The van der Waals surface area contributed by atoms with Gasteiger partial charge in [0.25, 0.3) is 0 Å². The second kappa shape index (κ2) is 6.48. The van der Waals surface area contributed by atoms with Crippen molar-refractivity contribution >= 4 is 21.6 Å². The van der Waals surface area contributed by atoms with Crippen LogP contribution in [0.4, 0.5) is 18.9 Å². The number of carbonyl (C=O) groups excluding carboxylic acids is 1. The molecule has 0 bridgehead atoms. The van der Waals surface area contributed by atoms with Gasteiger partial charge in [0.1, 0.15) is 0 Å². The first-order valence-corrected chi connectivity index (χ1v) is 8.56. The van der Waals surface area contributed by atoms with Gasteiger partial charge in [-0.3, -0.25) is 4.79 Å². The lowest BCUT2D eigenvalue weighted by atomic mass is 10.1. The van der Waals surface area contributed by atoms with E-state index in [0.717, 1.165) is 31.4 Å². The molecule has 0 aromatic heterocycles. The summed E-state index contributed by atoms with van der Waals surface area (Å²) in [6, 6.07) is 4.57. The van der Waals surface area contributed by atoms with E-state index < -0.39 is 22.1 Å². The molecule has 1 N–H and O–H groups in total. The molecule has 0 saturated carbocycles. The minimum atomic E-state index is -4.99. The Morgan fingerprint density at radius 3 is 2.35 bits per heavy atom. The smallest absolute Gasteiger partial charge is 0.318 e. The molecule has 23 heavy (non-hydrogen) atoms. The molecule has 1 amide bonds. The lowest BCUT2D eigenvalue weighted by Crippen LogP contribution is -2.41. The van der Waals surface area contributed by atoms with E-state index >= 15 is 0 Å². The van der Waals surface area contributed by atoms with Gasteiger partial charge in [0.15, 0.2) is 0 Å². The highest BCUT2D eigenvalue weighted by Gasteiger charge is 2.38. The number of anilines is 1. The fourth-order valence-corrected chi connectivity index (χ4v) is 4.18. The molecule has 9 heteroatoms. The van der Waals surface area contributed by atoms with E-state index in [1.807, 2.05) is 6.92 Å². The Morgan fingerprint density at radius 2 is 1.83 bits per heavy atom. The van der Waals surface area contributed by atoms with Crippen molar-refractivity contribution in [1.29, 1.82) is 0 Å². The zero-order valence-corrected chi connectivity index (χ0v) is 13.2. The predicted octanol–water partition coefficient (Wildman–Crippen LogP) is 2.75. The summed E-state index contributed by atoms with van der Waals surface area (Å²) in [6.07, 6.45) is -2.47. The maximum absolute atomic E-state index is 12.5. The number of nitrogens with zero attached hydrogens (tertiary/aromatic N) is 1. The van der Waals surface area contributed by atoms with Crippen molar-refractivity contribution in [3.05, 3.63) is 24.3 Å². The number of nitrogens with one attached hydrogen (secondary N) is 1. The Labute approximate surface area is 132 Å². The van der Waals surface area contributed by atoms with Gasteiger partial charge in [-0.1, -0.05) is 6.42 Å². The number of hydrogen-bond acceptors (Lipinski definition) is 3. The molecule has 1 aliphatic heterocycles. The van der Waals surface area contributed by atoms with Crippen LogP contribution in [0.5, 0.6) is 0 Å². The van der Waals surface area contributed by atoms with Gasteiger partial charge in [0.2, 0.25) is 10.0 Å². The molecule has 1 heterocycles. The van der Waals surface area contributed by atoms with Gasteiger partial charge in [-0.05, 0) is 44.0 Å². The number of sulfonamides is 1. The second-order valence-corrected chi connectivity index (χ2v) is 7.33. The third-order valence-electron chi connectivity index (χ3n) is 3.72. The van der Waals surface area contributed by atoms with E-state index in [0.29, 0.717) is 6.54 Å². The number of rotatable bonds is 3. The minimum Gasteiger partial charge on any atom is -0.318 e. The largest absolute Gasteiger partial charge is 0.471 e. The van der Waals surface area contributed by atoms with Crippen LogP contribution in [0, 0.1) is 0 Å². The van der Waals surface area contributed by atoms with Crippen LogP contribution in [0.15, 0.2) is 29.2 Å². The van der Waals surface area contributed by atoms with Crippen LogP contribution in [-0.2, 0) is 14.8 Å². The first-order valence-electron chi connectivity index (χ1n) is 7.12. The number of benzene rings is 1. The molecule has 128 valence electrons. The normalized spacial score (nSPS) is 20.3. The van der Waals surface area contributed by atoms with Crippen molar-refractivity contribution in [3.8, 4) is 0 Å². The SMILES string of the molecule is C[C@@H]1CCCCN1S(=O)(=O)c1ccc(NC(=O)C(F)(F)F)cc1. The number of hydrogen-bond donors (Lipinski definition) is 1. The van der Waals surface area contributed by atoms with Crippen LogP contribution in [-0.4, -0.2) is 37.4 Å². The summed E-state index contributed by atoms with van der Waals surface area (Å²) in [5.74, 6) is -2.10. The molecule has 1 aromatic rings. The first-order chi connectivity index (χ1) is 10.6. The Bertz CT molecular complexity index is 672. The summed E-state index contributed by atoms with van der Waals surface area (Å²) in [4.78, 5) is 10.8. The van der Waals surface area contributed by atoms with Gasteiger partial charge in [-0.25, -0.2) is 8.42 Å². The van der Waals surface area contributed by atoms with E-state index in [9.17, 15) is 26.4 Å². The minimum absolute atomic E-state index is 0.00347. The molecule has 1 fully saturated rings. The maximum Gasteiger partial charge on any atom is 0.471 e. The quantitative estimate of drug-likeness (QED) is 0.912. The van der Waals surface area contributed by atoms with Crippen LogP contribution in [0.3, 0.4) is 0 Å². The standard InChI is InChI=1S/C14H17F3N2O3S/c1-10-4-2-3-9-19(10)23(21,22)12-7-5-11(6-8-12)18-13(20)14(15,16)17/h5-8,10H,2-4,9H2,1H3,(H,18,20)/t10-/m1/s1. The van der Waals surface area contributed by atoms with Crippen molar-refractivity contribution in [2.75, 3.05) is 11.9 Å². The molecule has 0 radical (unpaired) electrons. The number of halogens is 3. The lowest BCUT2D eigenvalue weighted by molar-refractivity contribution is -0.167. The van der Waals surface area contributed by atoms with E-state index in [1.54, 1.807) is 5.32 Å². The summed E-state index contributed by atoms with van der Waals surface area (Å²) in [6.45, 7) is 2.25. The van der Waals surface area contributed by atoms with Gasteiger partial charge in [0, 0.05) is 18.3 Å². The van der Waals surface area contributed by atoms with E-state index in [4.69, 9.17) is 0 Å². The van der Waals surface area contributed by atoms with Crippen molar-refractivity contribution < 1.29 is 26.4 Å². The van der Waals surface area contributed by atoms with Gasteiger partial charge >= 0.3 is 12.1 Å². The van der Waals surface area contributed by atoms with Gasteiger partial charge < -0.3 is 5.32 Å². The van der Waals surface area contributed by atoms with Gasteiger partial charge in [-0.15, -0.1) is 0 Å². The lowest BCUT2D eigenvalue weighted by Gasteiger charge is -2.32. The maximum atomic E-state index is 12.5. The van der Waals surface area contributed by atoms with Crippen LogP contribution in [0.1, 0.15) is 26.2 Å². The molecule has 1 aromatic carbocycles. The van der Waals surface area contributed by atoms with Crippen molar-refractivity contribution in [1.82, 2.24) is 4.31 Å². The third-order valence-corrected chi connectivity index (χ3v) is 5.75. The Balaban J connectivity index is 2.17. The monoisotopic (exact) mass is 350 g/mol. The average molecular weight is 350 g/mol. The van der Waals surface area contributed by atoms with Crippen LogP contribution < -0.4 is 5.32 Å². The molecular weight excluding hydrogens is 333 g/mol. The van der Waals surface area contributed by atoms with Crippen molar-refractivity contribution in [2.24, 2.45) is 0 Å². The molecule has 1 aliphatic rings. The second-order valence-electron chi connectivity index (χ2n) is 5.44. The van der Waals surface area contributed by atoms with Gasteiger partial charge in [0.05, 0.1) is 4.90 Å². The summed E-state index contributed by atoms with van der Waals surface area (Å²) < 4.78 is 63.0. The molecule has 2 rings (SSSR count). The summed E-state index contributed by atoms with van der Waals surface area (Å²) in [5.41, 5.74) is -0.113. The number of alkyl halides is 3. The summed E-state index contributed by atoms with van der Waals surface area (Å²) in [5, 5.41) is 1.68. The molecular formula is C14H17F3N2O3S. The zero-order chi connectivity index (χ0) is 17.3. The average Bonchev–Trinajstić information content (AvgIpc) is 2.47. The highest BCUT2D eigenvalue weighted by atomic mass is 32.2. The van der Waals surface area contributed by atoms with Crippen LogP contribution in [0.25, 0.3) is 0 Å². The molecule has 5 nitrogen and oxygen atoms in total. The number of piperidine rings is 1. The zero-order valence-electron chi connectivity index (χ0n) is 12.4. The predicted molar refractivity (Wildman–Crippen MR) is 78.3 cm³/mol. The highest BCUT2D eigenvalue weighted by Crippen LogP contribution is 2.26. The third kappa shape index (κ3) is 4.03. The Kier molecular flexibility index (Phi) is 5.00.